The maximum absolute atomic E-state index is 11.5. The van der Waals surface area contributed by atoms with Crippen LogP contribution < -0.4 is 5.56 Å². The van der Waals surface area contributed by atoms with Gasteiger partial charge in [0.2, 0.25) is 0 Å². The van der Waals surface area contributed by atoms with Crippen LogP contribution >= 0.6 is 0 Å². The van der Waals surface area contributed by atoms with Gasteiger partial charge in [0.15, 0.2) is 0 Å². The average Bonchev–Trinajstić information content (AvgIpc) is 2.56. The van der Waals surface area contributed by atoms with Crippen LogP contribution in [0.4, 0.5) is 0 Å². The monoisotopic (exact) mass is 190 g/mol. The van der Waals surface area contributed by atoms with Gasteiger partial charge in [0.1, 0.15) is 11.5 Å². The molecule has 7 nitrogen and oxygen atoms in total. The molecule has 2 heterocycles. The van der Waals surface area contributed by atoms with Crippen molar-refractivity contribution < 1.29 is 0 Å². The highest BCUT2D eigenvalue weighted by Gasteiger charge is 2.07. The summed E-state index contributed by atoms with van der Waals surface area (Å²) in [5, 5.41) is 18.4. The Kier molecular flexibility index (Phi) is 1.74. The van der Waals surface area contributed by atoms with E-state index >= 15 is 0 Å². The summed E-state index contributed by atoms with van der Waals surface area (Å²) < 4.78 is 1.18. The highest BCUT2D eigenvalue weighted by Crippen LogP contribution is 1.94. The van der Waals surface area contributed by atoms with Crippen molar-refractivity contribution in [2.45, 2.75) is 13.3 Å². The predicted molar refractivity (Wildman–Crippen MR) is 45.5 cm³/mol. The number of rotatable bonds is 1. The molecule has 0 amide bonds. The van der Waals surface area contributed by atoms with Crippen molar-refractivity contribution in [2.75, 3.05) is 0 Å². The van der Waals surface area contributed by atoms with Gasteiger partial charge in [0, 0.05) is 0 Å². The zero-order valence-electron chi connectivity index (χ0n) is 7.35. The zero-order valence-corrected chi connectivity index (χ0v) is 7.35. The van der Waals surface area contributed by atoms with Crippen molar-refractivity contribution in [1.29, 1.82) is 5.26 Å². The lowest BCUT2D eigenvalue weighted by Crippen LogP contribution is -2.19. The second-order valence-electron chi connectivity index (χ2n) is 2.73. The normalized spacial score (nSPS) is 10.3. The van der Waals surface area contributed by atoms with Crippen molar-refractivity contribution in [1.82, 2.24) is 24.8 Å². The molecule has 0 saturated heterocycles. The average molecular weight is 190 g/mol. The molecule has 0 radical (unpaired) electrons. The molecule has 0 fully saturated rings. The van der Waals surface area contributed by atoms with Crippen molar-refractivity contribution in [3.63, 3.8) is 0 Å². The number of aryl methyl sites for hydroxylation is 1. The predicted octanol–water partition coefficient (Wildman–Crippen LogP) is -0.813. The summed E-state index contributed by atoms with van der Waals surface area (Å²) in [5.74, 6) is 0.593. The number of H-pyrrole nitrogens is 1. The van der Waals surface area contributed by atoms with Crippen LogP contribution in [0.5, 0.6) is 0 Å². The van der Waals surface area contributed by atoms with Crippen LogP contribution in [0.1, 0.15) is 11.5 Å². The van der Waals surface area contributed by atoms with Gasteiger partial charge in [-0.1, -0.05) is 0 Å². The minimum atomic E-state index is -0.299. The largest absolute Gasteiger partial charge is 0.295 e. The fourth-order valence-electron chi connectivity index (χ4n) is 1.06. The Morgan fingerprint density at radius 2 is 2.36 bits per heavy atom. The second kappa shape index (κ2) is 2.92. The Labute approximate surface area is 78.0 Å². The smallest absolute Gasteiger partial charge is 0.274 e. The minimum Gasteiger partial charge on any atom is -0.274 e. The summed E-state index contributed by atoms with van der Waals surface area (Å²) in [6.45, 7) is 1.56. The minimum absolute atomic E-state index is 0.113. The number of nitrogens with one attached hydrogen (secondary N) is 1. The molecule has 0 aliphatic rings. The lowest BCUT2D eigenvalue weighted by molar-refractivity contribution is 0.812. The summed E-state index contributed by atoms with van der Waals surface area (Å²) in [6, 6.07) is 1.92. The van der Waals surface area contributed by atoms with Gasteiger partial charge < -0.3 is 0 Å². The Morgan fingerprint density at radius 3 is 3.07 bits per heavy atom. The van der Waals surface area contributed by atoms with E-state index in [0.717, 1.165) is 0 Å². The molecule has 0 aromatic carbocycles. The van der Waals surface area contributed by atoms with Gasteiger partial charge in [-0.3, -0.25) is 9.89 Å². The summed E-state index contributed by atoms with van der Waals surface area (Å²) >= 11 is 0. The molecular weight excluding hydrogens is 184 g/mol. The summed E-state index contributed by atoms with van der Waals surface area (Å²) in [6.07, 6.45) is 0.113. The lowest BCUT2D eigenvalue weighted by Gasteiger charge is -1.89. The Bertz CT molecular complexity index is 574. The molecule has 0 aliphatic carbocycles. The molecular formula is C7H6N6O. The van der Waals surface area contributed by atoms with Crippen LogP contribution in [0, 0.1) is 18.3 Å². The van der Waals surface area contributed by atoms with E-state index in [1.54, 1.807) is 6.92 Å². The maximum Gasteiger partial charge on any atom is 0.295 e. The first-order valence-electron chi connectivity index (χ1n) is 3.90. The van der Waals surface area contributed by atoms with Gasteiger partial charge in [0.05, 0.1) is 12.5 Å². The van der Waals surface area contributed by atoms with Crippen molar-refractivity contribution in [2.24, 2.45) is 0 Å². The molecule has 0 bridgehead atoms. The van der Waals surface area contributed by atoms with E-state index < -0.39 is 0 Å². The van der Waals surface area contributed by atoms with Crippen molar-refractivity contribution in [3.8, 4) is 6.07 Å². The standard InChI is InChI=1S/C7H6N6O/c1-4-6(14)13-7(11-10-4)9-5(12-13)2-3-8/h2H2,1H3,(H,9,11,12). The van der Waals surface area contributed by atoms with Crippen LogP contribution in [0.3, 0.4) is 0 Å². The second-order valence-corrected chi connectivity index (χ2v) is 2.73. The number of aromatic amines is 1. The van der Waals surface area contributed by atoms with Crippen LogP contribution in [-0.2, 0) is 6.42 Å². The van der Waals surface area contributed by atoms with Gasteiger partial charge >= 0.3 is 0 Å². The highest BCUT2D eigenvalue weighted by atomic mass is 16.1. The van der Waals surface area contributed by atoms with Crippen molar-refractivity contribution in [3.05, 3.63) is 21.9 Å². The van der Waals surface area contributed by atoms with Gasteiger partial charge in [-0.05, 0) is 6.92 Å². The molecule has 0 spiro atoms. The summed E-state index contributed by atoms with van der Waals surface area (Å²) in [5.41, 5.74) is -0.0126. The fraction of sp³-hybridized carbons (Fsp3) is 0.286. The molecule has 2 rings (SSSR count). The first-order chi connectivity index (χ1) is 6.72. The molecule has 2 aromatic heterocycles. The van der Waals surface area contributed by atoms with Crippen LogP contribution in [0.25, 0.3) is 5.78 Å². The van der Waals surface area contributed by atoms with Crippen LogP contribution in [0.15, 0.2) is 4.79 Å². The molecule has 1 N–H and O–H groups in total. The SMILES string of the molecule is Cc1nnc2nc(CC#N)[nH]n2c1=O. The maximum atomic E-state index is 11.5. The molecule has 0 aliphatic heterocycles. The van der Waals surface area contributed by atoms with Gasteiger partial charge in [-0.2, -0.15) is 14.8 Å². The van der Waals surface area contributed by atoms with E-state index in [-0.39, 0.29) is 23.5 Å². The number of nitriles is 1. The molecule has 0 atom stereocenters. The number of hydrogen-bond donors (Lipinski definition) is 1. The lowest BCUT2D eigenvalue weighted by atomic mass is 10.5. The third kappa shape index (κ3) is 1.13. The van der Waals surface area contributed by atoms with Crippen molar-refractivity contribution >= 4 is 5.78 Å². The van der Waals surface area contributed by atoms with E-state index in [9.17, 15) is 4.79 Å². The molecule has 2 aromatic rings. The molecule has 0 saturated carbocycles. The third-order valence-electron chi connectivity index (χ3n) is 1.72. The number of nitrogens with zero attached hydrogens (tertiary/aromatic N) is 5. The van der Waals surface area contributed by atoms with Crippen LogP contribution in [-0.4, -0.2) is 24.8 Å². The summed E-state index contributed by atoms with van der Waals surface area (Å²) in [4.78, 5) is 15.4. The zero-order chi connectivity index (χ0) is 10.1. The number of aromatic nitrogens is 5. The highest BCUT2D eigenvalue weighted by molar-refractivity contribution is 5.24. The Morgan fingerprint density at radius 1 is 1.57 bits per heavy atom. The Balaban J connectivity index is 2.73. The number of fused-ring (bicyclic) bond motifs is 1. The number of hydrogen-bond acceptors (Lipinski definition) is 5. The van der Waals surface area contributed by atoms with Gasteiger partial charge in [-0.25, -0.2) is 0 Å². The van der Waals surface area contributed by atoms with E-state index in [2.05, 4.69) is 20.3 Å². The van der Waals surface area contributed by atoms with Crippen LogP contribution in [0.2, 0.25) is 0 Å². The van der Waals surface area contributed by atoms with Gasteiger partial charge in [-0.15, -0.1) is 10.2 Å². The van der Waals surface area contributed by atoms with E-state index in [4.69, 9.17) is 5.26 Å². The molecule has 14 heavy (non-hydrogen) atoms. The first kappa shape index (κ1) is 8.37. The topological polar surface area (TPSA) is 99.7 Å². The Hall–Kier alpha value is -2.23. The third-order valence-corrected chi connectivity index (χ3v) is 1.72. The quantitative estimate of drug-likeness (QED) is 0.633. The van der Waals surface area contributed by atoms with Gasteiger partial charge in [0.25, 0.3) is 11.3 Å². The molecule has 0 unspecified atom stereocenters. The van der Waals surface area contributed by atoms with E-state index in [0.29, 0.717) is 5.82 Å². The first-order valence-corrected chi connectivity index (χ1v) is 3.90. The fourth-order valence-corrected chi connectivity index (χ4v) is 1.06. The summed E-state index contributed by atoms with van der Waals surface area (Å²) in [7, 11) is 0. The molecule has 7 heteroatoms. The molecule has 70 valence electrons. The van der Waals surface area contributed by atoms with E-state index in [1.807, 2.05) is 6.07 Å². The van der Waals surface area contributed by atoms with E-state index in [1.165, 1.54) is 4.52 Å².